The average molecular weight is 188 g/mol. The van der Waals surface area contributed by atoms with E-state index in [4.69, 9.17) is 14.2 Å². The Hall–Kier alpha value is -0.120. The molecule has 13 heavy (non-hydrogen) atoms. The Bertz CT molecular complexity index is 111. The highest BCUT2D eigenvalue weighted by atomic mass is 16.7. The first-order valence-corrected chi connectivity index (χ1v) is 5.24. The van der Waals surface area contributed by atoms with Crippen molar-refractivity contribution in [2.75, 3.05) is 26.4 Å². The molecule has 0 amide bonds. The molecule has 78 valence electrons. The van der Waals surface area contributed by atoms with Crippen LogP contribution in [0.1, 0.15) is 32.6 Å². The molecule has 0 aromatic heterocycles. The molecule has 3 nitrogen and oxygen atoms in total. The molecular formula is C10H20O3. The number of unbranched alkanes of at least 4 members (excludes halogenated alkanes) is 3. The van der Waals surface area contributed by atoms with Crippen LogP contribution in [-0.4, -0.2) is 32.7 Å². The molecule has 0 aliphatic carbocycles. The number of rotatable bonds is 6. The summed E-state index contributed by atoms with van der Waals surface area (Å²) in [6.45, 7) is 4.97. The van der Waals surface area contributed by atoms with E-state index >= 15 is 0 Å². The smallest absolute Gasteiger partial charge is 0.180 e. The zero-order chi connectivity index (χ0) is 9.36. The Kier molecular flexibility index (Phi) is 6.15. The minimum absolute atomic E-state index is 0.115. The maximum Gasteiger partial charge on any atom is 0.180 e. The van der Waals surface area contributed by atoms with Crippen molar-refractivity contribution in [3.63, 3.8) is 0 Å². The Morgan fingerprint density at radius 2 is 2.15 bits per heavy atom. The summed E-state index contributed by atoms with van der Waals surface area (Å²) in [6, 6.07) is 0. The normalized spacial score (nSPS) is 23.3. The van der Waals surface area contributed by atoms with Crippen molar-refractivity contribution in [3.8, 4) is 0 Å². The molecule has 3 heteroatoms. The van der Waals surface area contributed by atoms with E-state index < -0.39 is 0 Å². The Morgan fingerprint density at radius 3 is 2.85 bits per heavy atom. The first kappa shape index (κ1) is 11.0. The van der Waals surface area contributed by atoms with Gasteiger partial charge in [-0.25, -0.2) is 0 Å². The number of hydrogen-bond donors (Lipinski definition) is 0. The monoisotopic (exact) mass is 188 g/mol. The molecule has 0 aromatic carbocycles. The van der Waals surface area contributed by atoms with Crippen molar-refractivity contribution in [2.45, 2.75) is 38.9 Å². The summed E-state index contributed by atoms with van der Waals surface area (Å²) >= 11 is 0. The molecule has 0 radical (unpaired) electrons. The molecule has 1 fully saturated rings. The van der Waals surface area contributed by atoms with Gasteiger partial charge in [0.05, 0.1) is 19.8 Å². The topological polar surface area (TPSA) is 27.7 Å². The van der Waals surface area contributed by atoms with E-state index in [0.717, 1.165) is 13.0 Å². The zero-order valence-corrected chi connectivity index (χ0v) is 8.46. The van der Waals surface area contributed by atoms with E-state index in [1.807, 2.05) is 0 Å². The molecule has 1 saturated heterocycles. The third-order valence-corrected chi connectivity index (χ3v) is 2.09. The second kappa shape index (κ2) is 7.30. The van der Waals surface area contributed by atoms with E-state index in [1.165, 1.54) is 19.3 Å². The lowest BCUT2D eigenvalue weighted by molar-refractivity contribution is -0.211. The van der Waals surface area contributed by atoms with Gasteiger partial charge in [-0.3, -0.25) is 0 Å². The van der Waals surface area contributed by atoms with Gasteiger partial charge in [-0.1, -0.05) is 26.2 Å². The standard InChI is InChI=1S/C10H20O3/c1-2-3-4-5-6-12-10-9-11-7-8-13-10/h10H,2-9H2,1H3. The van der Waals surface area contributed by atoms with Gasteiger partial charge in [-0.2, -0.15) is 0 Å². The molecule has 1 rings (SSSR count). The van der Waals surface area contributed by atoms with Crippen molar-refractivity contribution in [1.29, 1.82) is 0 Å². The Balaban J connectivity index is 1.86. The van der Waals surface area contributed by atoms with E-state index in [2.05, 4.69) is 6.92 Å². The van der Waals surface area contributed by atoms with Crippen LogP contribution in [0.25, 0.3) is 0 Å². The maximum absolute atomic E-state index is 5.48. The third kappa shape index (κ3) is 5.24. The van der Waals surface area contributed by atoms with Crippen molar-refractivity contribution in [1.82, 2.24) is 0 Å². The number of hydrogen-bond acceptors (Lipinski definition) is 3. The molecule has 1 atom stereocenters. The van der Waals surface area contributed by atoms with Gasteiger partial charge in [0, 0.05) is 6.61 Å². The minimum atomic E-state index is -0.115. The Morgan fingerprint density at radius 1 is 1.23 bits per heavy atom. The van der Waals surface area contributed by atoms with Crippen LogP contribution in [-0.2, 0) is 14.2 Å². The molecule has 0 saturated carbocycles. The molecule has 1 aliphatic rings. The highest BCUT2D eigenvalue weighted by Crippen LogP contribution is 2.05. The second-order valence-corrected chi connectivity index (χ2v) is 3.31. The summed E-state index contributed by atoms with van der Waals surface area (Å²) in [5.41, 5.74) is 0. The Labute approximate surface area is 80.4 Å². The van der Waals surface area contributed by atoms with E-state index in [0.29, 0.717) is 19.8 Å². The first-order chi connectivity index (χ1) is 6.43. The van der Waals surface area contributed by atoms with Crippen molar-refractivity contribution >= 4 is 0 Å². The summed E-state index contributed by atoms with van der Waals surface area (Å²) < 4.78 is 16.0. The maximum atomic E-state index is 5.48. The fourth-order valence-corrected chi connectivity index (χ4v) is 1.31. The predicted molar refractivity (Wildman–Crippen MR) is 50.7 cm³/mol. The molecule has 1 heterocycles. The molecule has 0 bridgehead atoms. The summed E-state index contributed by atoms with van der Waals surface area (Å²) in [5.74, 6) is 0. The largest absolute Gasteiger partial charge is 0.374 e. The van der Waals surface area contributed by atoms with Crippen LogP contribution < -0.4 is 0 Å². The van der Waals surface area contributed by atoms with E-state index in [1.54, 1.807) is 0 Å². The van der Waals surface area contributed by atoms with Crippen LogP contribution in [0, 0.1) is 0 Å². The lowest BCUT2D eigenvalue weighted by Crippen LogP contribution is -2.31. The van der Waals surface area contributed by atoms with Crippen LogP contribution in [0.3, 0.4) is 0 Å². The lowest BCUT2D eigenvalue weighted by Gasteiger charge is -2.22. The summed E-state index contributed by atoms with van der Waals surface area (Å²) in [4.78, 5) is 0. The highest BCUT2D eigenvalue weighted by molar-refractivity contribution is 4.49. The van der Waals surface area contributed by atoms with Crippen molar-refractivity contribution in [3.05, 3.63) is 0 Å². The van der Waals surface area contributed by atoms with Crippen LogP contribution >= 0.6 is 0 Å². The van der Waals surface area contributed by atoms with Crippen LogP contribution in [0.15, 0.2) is 0 Å². The first-order valence-electron chi connectivity index (χ1n) is 5.24. The molecule has 1 unspecified atom stereocenters. The molecular weight excluding hydrogens is 168 g/mol. The minimum Gasteiger partial charge on any atom is -0.374 e. The summed E-state index contributed by atoms with van der Waals surface area (Å²) in [6.07, 6.45) is 4.84. The van der Waals surface area contributed by atoms with Crippen LogP contribution in [0.5, 0.6) is 0 Å². The lowest BCUT2D eigenvalue weighted by atomic mass is 10.2. The fraction of sp³-hybridized carbons (Fsp3) is 1.00. The highest BCUT2D eigenvalue weighted by Gasteiger charge is 2.13. The zero-order valence-electron chi connectivity index (χ0n) is 8.46. The quantitative estimate of drug-likeness (QED) is 0.596. The molecule has 1 aliphatic heterocycles. The van der Waals surface area contributed by atoms with Gasteiger partial charge in [0.1, 0.15) is 0 Å². The van der Waals surface area contributed by atoms with E-state index in [9.17, 15) is 0 Å². The van der Waals surface area contributed by atoms with Gasteiger partial charge in [0.2, 0.25) is 0 Å². The predicted octanol–water partition coefficient (Wildman–Crippen LogP) is 1.96. The number of ether oxygens (including phenoxy) is 3. The second-order valence-electron chi connectivity index (χ2n) is 3.31. The summed E-state index contributed by atoms with van der Waals surface area (Å²) in [5, 5.41) is 0. The third-order valence-electron chi connectivity index (χ3n) is 2.09. The molecule has 0 N–H and O–H groups in total. The van der Waals surface area contributed by atoms with Crippen molar-refractivity contribution in [2.24, 2.45) is 0 Å². The van der Waals surface area contributed by atoms with E-state index in [-0.39, 0.29) is 6.29 Å². The van der Waals surface area contributed by atoms with Gasteiger partial charge in [-0.05, 0) is 6.42 Å². The van der Waals surface area contributed by atoms with Gasteiger partial charge < -0.3 is 14.2 Å². The summed E-state index contributed by atoms with van der Waals surface area (Å²) in [7, 11) is 0. The van der Waals surface area contributed by atoms with Gasteiger partial charge in [-0.15, -0.1) is 0 Å². The van der Waals surface area contributed by atoms with Crippen LogP contribution in [0.4, 0.5) is 0 Å². The molecule has 0 aromatic rings. The van der Waals surface area contributed by atoms with Gasteiger partial charge in [0.15, 0.2) is 6.29 Å². The molecule has 0 spiro atoms. The average Bonchev–Trinajstić information content (AvgIpc) is 2.19. The van der Waals surface area contributed by atoms with Gasteiger partial charge >= 0.3 is 0 Å². The van der Waals surface area contributed by atoms with Crippen LogP contribution in [0.2, 0.25) is 0 Å². The van der Waals surface area contributed by atoms with Crippen molar-refractivity contribution < 1.29 is 14.2 Å². The van der Waals surface area contributed by atoms with Gasteiger partial charge in [0.25, 0.3) is 0 Å². The fourth-order valence-electron chi connectivity index (χ4n) is 1.31. The SMILES string of the molecule is CCCCCCOC1COCCO1.